The van der Waals surface area contributed by atoms with Gasteiger partial charge in [0.1, 0.15) is 0 Å². The molecule has 1 aliphatic rings. The Labute approximate surface area is 107 Å². The third-order valence-electron chi connectivity index (χ3n) is 3.35. The van der Waals surface area contributed by atoms with E-state index >= 15 is 0 Å². The molecule has 2 nitrogen and oxygen atoms in total. The summed E-state index contributed by atoms with van der Waals surface area (Å²) in [6.07, 6.45) is 6.03. The summed E-state index contributed by atoms with van der Waals surface area (Å²) in [5.74, 6) is 0. The lowest BCUT2D eigenvalue weighted by atomic mass is 10.0. The Bertz CT molecular complexity index is 601. The van der Waals surface area contributed by atoms with Gasteiger partial charge in [0.25, 0.3) is 0 Å². The molecular weight excluding hydrogens is 220 g/mol. The van der Waals surface area contributed by atoms with Gasteiger partial charge in [0, 0.05) is 12.4 Å². The quantitative estimate of drug-likeness (QED) is 0.822. The molecule has 1 N–H and O–H groups in total. The van der Waals surface area contributed by atoms with Gasteiger partial charge >= 0.3 is 0 Å². The maximum atomic E-state index is 3.96. The average molecular weight is 236 g/mol. The fourth-order valence-corrected chi connectivity index (χ4v) is 2.41. The lowest BCUT2D eigenvalue weighted by Crippen LogP contribution is -2.24. The Morgan fingerprint density at radius 2 is 2.00 bits per heavy atom. The summed E-state index contributed by atoms with van der Waals surface area (Å²) >= 11 is 0. The van der Waals surface area contributed by atoms with E-state index in [1.807, 2.05) is 12.3 Å². The van der Waals surface area contributed by atoms with E-state index in [1.54, 1.807) is 0 Å². The molecule has 0 saturated carbocycles. The number of fused-ring (bicyclic) bond motifs is 1. The van der Waals surface area contributed by atoms with Crippen molar-refractivity contribution in [3.05, 3.63) is 73.1 Å². The molecule has 2 aromatic carbocycles. The molecule has 1 unspecified atom stereocenters. The smallest absolute Gasteiger partial charge is 0.0876 e. The summed E-state index contributed by atoms with van der Waals surface area (Å²) in [6.45, 7) is 4.80. The standard InChI is InChI=1S/C16H16N2/c1-2-16(18-10-9-17-12-18)15-8-7-13-5-3-4-6-14(13)11-15/h2-11,16-17H,1,12H2. The second-order valence-electron chi connectivity index (χ2n) is 4.48. The first-order chi connectivity index (χ1) is 8.88. The normalized spacial score (nSPS) is 15.7. The Balaban J connectivity index is 2.01. The molecule has 0 aromatic heterocycles. The minimum atomic E-state index is 0.223. The van der Waals surface area contributed by atoms with E-state index in [1.165, 1.54) is 16.3 Å². The number of nitrogens with one attached hydrogen (secondary N) is 1. The zero-order valence-electron chi connectivity index (χ0n) is 10.2. The minimum absolute atomic E-state index is 0.223. The Morgan fingerprint density at radius 1 is 1.17 bits per heavy atom. The molecule has 1 heterocycles. The Kier molecular flexibility index (Phi) is 2.77. The summed E-state index contributed by atoms with van der Waals surface area (Å²) in [4.78, 5) is 2.23. The van der Waals surface area contributed by atoms with Crippen molar-refractivity contribution < 1.29 is 0 Å². The van der Waals surface area contributed by atoms with Crippen molar-refractivity contribution in [1.82, 2.24) is 10.2 Å². The van der Waals surface area contributed by atoms with Crippen LogP contribution < -0.4 is 5.32 Å². The van der Waals surface area contributed by atoms with Crippen LogP contribution in [0.2, 0.25) is 0 Å². The number of hydrogen-bond acceptors (Lipinski definition) is 2. The van der Waals surface area contributed by atoms with Gasteiger partial charge in [0.15, 0.2) is 0 Å². The zero-order valence-corrected chi connectivity index (χ0v) is 10.2. The number of benzene rings is 2. The van der Waals surface area contributed by atoms with Gasteiger partial charge in [-0.25, -0.2) is 0 Å². The minimum Gasteiger partial charge on any atom is -0.373 e. The van der Waals surface area contributed by atoms with Crippen molar-refractivity contribution in [2.24, 2.45) is 0 Å². The topological polar surface area (TPSA) is 15.3 Å². The first-order valence-electron chi connectivity index (χ1n) is 6.15. The van der Waals surface area contributed by atoms with Gasteiger partial charge in [-0.15, -0.1) is 6.58 Å². The van der Waals surface area contributed by atoms with E-state index < -0.39 is 0 Å². The Hall–Kier alpha value is -2.22. The van der Waals surface area contributed by atoms with E-state index in [-0.39, 0.29) is 6.04 Å². The molecule has 0 bridgehead atoms. The van der Waals surface area contributed by atoms with Crippen LogP contribution in [-0.2, 0) is 0 Å². The molecule has 1 aliphatic heterocycles. The van der Waals surface area contributed by atoms with Crippen LogP contribution in [0.1, 0.15) is 11.6 Å². The highest BCUT2D eigenvalue weighted by Gasteiger charge is 2.16. The van der Waals surface area contributed by atoms with E-state index in [2.05, 4.69) is 65.5 Å². The molecule has 3 rings (SSSR count). The molecular formula is C16H16N2. The predicted molar refractivity (Wildman–Crippen MR) is 75.9 cm³/mol. The molecule has 0 saturated heterocycles. The van der Waals surface area contributed by atoms with Gasteiger partial charge in [-0.05, 0) is 22.4 Å². The van der Waals surface area contributed by atoms with Crippen molar-refractivity contribution in [2.45, 2.75) is 6.04 Å². The van der Waals surface area contributed by atoms with Crippen LogP contribution in [0.3, 0.4) is 0 Å². The summed E-state index contributed by atoms with van der Waals surface area (Å²) in [6, 6.07) is 15.3. The molecule has 0 fully saturated rings. The third-order valence-corrected chi connectivity index (χ3v) is 3.35. The average Bonchev–Trinajstić information content (AvgIpc) is 2.93. The lowest BCUT2D eigenvalue weighted by molar-refractivity contribution is 0.339. The monoisotopic (exact) mass is 236 g/mol. The van der Waals surface area contributed by atoms with E-state index in [4.69, 9.17) is 0 Å². The summed E-state index contributed by atoms with van der Waals surface area (Å²) < 4.78 is 0. The summed E-state index contributed by atoms with van der Waals surface area (Å²) in [5, 5.41) is 5.74. The van der Waals surface area contributed by atoms with Crippen molar-refractivity contribution in [1.29, 1.82) is 0 Å². The third kappa shape index (κ3) is 1.86. The predicted octanol–water partition coefficient (Wildman–Crippen LogP) is 3.40. The maximum Gasteiger partial charge on any atom is 0.0876 e. The summed E-state index contributed by atoms with van der Waals surface area (Å²) in [7, 11) is 0. The highest BCUT2D eigenvalue weighted by molar-refractivity contribution is 5.83. The van der Waals surface area contributed by atoms with Gasteiger partial charge in [-0.2, -0.15) is 0 Å². The molecule has 0 radical (unpaired) electrons. The van der Waals surface area contributed by atoms with Gasteiger partial charge in [0.05, 0.1) is 12.7 Å². The van der Waals surface area contributed by atoms with Crippen LogP contribution in [0.25, 0.3) is 10.8 Å². The number of hydrogen-bond donors (Lipinski definition) is 1. The Morgan fingerprint density at radius 3 is 2.72 bits per heavy atom. The van der Waals surface area contributed by atoms with Crippen LogP contribution in [-0.4, -0.2) is 11.6 Å². The second kappa shape index (κ2) is 4.57. The van der Waals surface area contributed by atoms with Crippen LogP contribution >= 0.6 is 0 Å². The SMILES string of the molecule is C=CC(c1ccc2ccccc2c1)N1C=CNC1. The molecule has 0 aliphatic carbocycles. The summed E-state index contributed by atoms with van der Waals surface area (Å²) in [5.41, 5.74) is 1.28. The van der Waals surface area contributed by atoms with Gasteiger partial charge < -0.3 is 10.2 Å². The largest absolute Gasteiger partial charge is 0.373 e. The van der Waals surface area contributed by atoms with Crippen molar-refractivity contribution in [2.75, 3.05) is 6.67 Å². The van der Waals surface area contributed by atoms with Crippen molar-refractivity contribution >= 4 is 10.8 Å². The highest BCUT2D eigenvalue weighted by atomic mass is 15.3. The zero-order chi connectivity index (χ0) is 12.4. The first kappa shape index (κ1) is 10.9. The molecule has 0 amide bonds. The van der Waals surface area contributed by atoms with Crippen LogP contribution in [0.15, 0.2) is 67.5 Å². The molecule has 0 spiro atoms. The lowest BCUT2D eigenvalue weighted by Gasteiger charge is -2.25. The van der Waals surface area contributed by atoms with Crippen LogP contribution in [0.4, 0.5) is 0 Å². The fraction of sp³-hybridized carbons (Fsp3) is 0.125. The molecule has 2 heteroatoms. The van der Waals surface area contributed by atoms with Gasteiger partial charge in [-0.3, -0.25) is 0 Å². The molecule has 1 atom stereocenters. The molecule has 18 heavy (non-hydrogen) atoms. The molecule has 2 aromatic rings. The van der Waals surface area contributed by atoms with Crippen molar-refractivity contribution in [3.8, 4) is 0 Å². The maximum absolute atomic E-state index is 3.96. The van der Waals surface area contributed by atoms with Crippen LogP contribution in [0.5, 0.6) is 0 Å². The number of nitrogens with zero attached hydrogens (tertiary/aromatic N) is 1. The first-order valence-corrected chi connectivity index (χ1v) is 6.15. The van der Waals surface area contributed by atoms with Crippen LogP contribution in [0, 0.1) is 0 Å². The van der Waals surface area contributed by atoms with Gasteiger partial charge in [0.2, 0.25) is 0 Å². The fourth-order valence-electron chi connectivity index (χ4n) is 2.41. The van der Waals surface area contributed by atoms with E-state index in [9.17, 15) is 0 Å². The molecule has 90 valence electrons. The van der Waals surface area contributed by atoms with Crippen molar-refractivity contribution in [3.63, 3.8) is 0 Å². The second-order valence-corrected chi connectivity index (χ2v) is 4.48. The highest BCUT2D eigenvalue weighted by Crippen LogP contribution is 2.26. The number of rotatable bonds is 3. The van der Waals surface area contributed by atoms with E-state index in [0.717, 1.165) is 6.67 Å². The van der Waals surface area contributed by atoms with Gasteiger partial charge in [-0.1, -0.05) is 42.5 Å². The van der Waals surface area contributed by atoms with E-state index in [0.29, 0.717) is 0 Å².